The van der Waals surface area contributed by atoms with Crippen LogP contribution in [0.2, 0.25) is 0 Å². The SMILES string of the molecule is CCN(CCC[N+](C)(CC)CC)S(=O)(=O)C(F)(F)C(F)(F)C(C)(F)F. The highest BCUT2D eigenvalue weighted by Crippen LogP contribution is 2.49. The van der Waals surface area contributed by atoms with Crippen molar-refractivity contribution in [3.63, 3.8) is 0 Å². The topological polar surface area (TPSA) is 37.4 Å². The van der Waals surface area contributed by atoms with Gasteiger partial charge in [-0.25, -0.2) is 8.42 Å². The number of nitrogens with zero attached hydrogens (tertiary/aromatic N) is 2. The van der Waals surface area contributed by atoms with Gasteiger partial charge >= 0.3 is 17.1 Å². The fourth-order valence-corrected chi connectivity index (χ4v) is 3.73. The second kappa shape index (κ2) is 7.99. The number of rotatable bonds is 11. The second-order valence-corrected chi connectivity index (χ2v) is 8.28. The largest absolute Gasteiger partial charge is 0.427 e. The molecule has 0 heterocycles. The van der Waals surface area contributed by atoms with Gasteiger partial charge in [0.2, 0.25) is 0 Å². The van der Waals surface area contributed by atoms with Crippen LogP contribution in [-0.4, -0.2) is 74.1 Å². The van der Waals surface area contributed by atoms with E-state index in [2.05, 4.69) is 0 Å². The smallest absolute Gasteiger partial charge is 0.326 e. The Morgan fingerprint density at radius 1 is 0.960 bits per heavy atom. The molecule has 0 radical (unpaired) electrons. The number of halogens is 6. The molecule has 0 bridgehead atoms. The van der Waals surface area contributed by atoms with Gasteiger partial charge in [0.15, 0.2) is 0 Å². The maximum absolute atomic E-state index is 13.8. The summed E-state index contributed by atoms with van der Waals surface area (Å²) in [7, 11) is -4.08. The normalized spacial score (nSPS) is 15.0. The van der Waals surface area contributed by atoms with E-state index in [-0.39, 0.29) is 10.7 Å². The zero-order chi connectivity index (χ0) is 20.3. The van der Waals surface area contributed by atoms with Crippen LogP contribution in [0.5, 0.6) is 0 Å². The van der Waals surface area contributed by atoms with Crippen LogP contribution in [0.4, 0.5) is 26.3 Å². The summed E-state index contributed by atoms with van der Waals surface area (Å²) in [6.07, 6.45) is 0.134. The van der Waals surface area contributed by atoms with Gasteiger partial charge in [0.25, 0.3) is 10.0 Å². The Bertz CT molecular complexity index is 530. The van der Waals surface area contributed by atoms with E-state index in [4.69, 9.17) is 0 Å². The third-order valence-corrected chi connectivity index (χ3v) is 6.59. The first-order chi connectivity index (χ1) is 11.0. The highest BCUT2D eigenvalue weighted by molar-refractivity contribution is 7.90. The number of alkyl halides is 6. The molecule has 0 aromatic rings. The molecule has 0 amide bonds. The fourth-order valence-electron chi connectivity index (χ4n) is 2.20. The molecule has 0 aliphatic heterocycles. The highest BCUT2D eigenvalue weighted by Gasteiger charge is 2.76. The zero-order valence-corrected chi connectivity index (χ0v) is 15.9. The van der Waals surface area contributed by atoms with Crippen LogP contribution in [0.1, 0.15) is 34.1 Å². The average Bonchev–Trinajstić information content (AvgIpc) is 2.49. The minimum Gasteiger partial charge on any atom is -0.326 e. The van der Waals surface area contributed by atoms with Crippen LogP contribution >= 0.6 is 0 Å². The molecule has 11 heteroatoms. The van der Waals surface area contributed by atoms with E-state index in [0.29, 0.717) is 24.1 Å². The van der Waals surface area contributed by atoms with Crippen molar-refractivity contribution in [3.05, 3.63) is 0 Å². The quantitative estimate of drug-likeness (QED) is 0.393. The summed E-state index contributed by atoms with van der Waals surface area (Å²) in [5.41, 5.74) is 0. The van der Waals surface area contributed by atoms with Gasteiger partial charge in [-0.15, -0.1) is 0 Å². The van der Waals surface area contributed by atoms with E-state index >= 15 is 0 Å². The second-order valence-electron chi connectivity index (χ2n) is 6.31. The molecule has 0 atom stereocenters. The van der Waals surface area contributed by atoms with Crippen LogP contribution in [0.25, 0.3) is 0 Å². The lowest BCUT2D eigenvalue weighted by Crippen LogP contribution is -2.60. The molecule has 152 valence electrons. The van der Waals surface area contributed by atoms with E-state index in [1.807, 2.05) is 20.9 Å². The minimum atomic E-state index is -6.02. The Kier molecular flexibility index (Phi) is 7.82. The molecule has 0 aliphatic carbocycles. The molecule has 0 saturated carbocycles. The van der Waals surface area contributed by atoms with Crippen LogP contribution in [-0.2, 0) is 10.0 Å². The maximum Gasteiger partial charge on any atom is 0.427 e. The van der Waals surface area contributed by atoms with Gasteiger partial charge in [0.05, 0.1) is 26.7 Å². The van der Waals surface area contributed by atoms with Crippen LogP contribution in [0, 0.1) is 0 Å². The lowest BCUT2D eigenvalue weighted by atomic mass is 10.2. The summed E-state index contributed by atoms with van der Waals surface area (Å²) < 4.78 is 105. The van der Waals surface area contributed by atoms with Crippen molar-refractivity contribution in [2.24, 2.45) is 0 Å². The van der Waals surface area contributed by atoms with Gasteiger partial charge in [-0.2, -0.15) is 30.6 Å². The van der Waals surface area contributed by atoms with E-state index in [1.54, 1.807) is 0 Å². The highest BCUT2D eigenvalue weighted by atomic mass is 32.2. The molecule has 4 nitrogen and oxygen atoms in total. The molecule has 0 aromatic heterocycles. The molecule has 25 heavy (non-hydrogen) atoms. The van der Waals surface area contributed by atoms with E-state index in [0.717, 1.165) is 0 Å². The fraction of sp³-hybridized carbons (Fsp3) is 1.00. The number of sulfonamides is 1. The average molecular weight is 401 g/mol. The van der Waals surface area contributed by atoms with Gasteiger partial charge in [-0.1, -0.05) is 6.92 Å². The van der Waals surface area contributed by atoms with Crippen molar-refractivity contribution in [3.8, 4) is 0 Å². The third-order valence-electron chi connectivity index (χ3n) is 4.57. The molecule has 0 unspecified atom stereocenters. The van der Waals surface area contributed by atoms with E-state index in [1.165, 1.54) is 6.92 Å². The molecule has 0 N–H and O–H groups in total. The van der Waals surface area contributed by atoms with E-state index in [9.17, 15) is 34.8 Å². The summed E-state index contributed by atoms with van der Waals surface area (Å²) in [6.45, 7) is 5.44. The van der Waals surface area contributed by atoms with Gasteiger partial charge in [-0.3, -0.25) is 0 Å². The van der Waals surface area contributed by atoms with Gasteiger partial charge in [0, 0.05) is 26.4 Å². The van der Waals surface area contributed by atoms with Crippen molar-refractivity contribution < 1.29 is 39.2 Å². The monoisotopic (exact) mass is 401 g/mol. The maximum atomic E-state index is 13.8. The lowest BCUT2D eigenvalue weighted by Gasteiger charge is -2.35. The summed E-state index contributed by atoms with van der Waals surface area (Å²) in [4.78, 5) is 0. The van der Waals surface area contributed by atoms with Gasteiger partial charge < -0.3 is 4.48 Å². The summed E-state index contributed by atoms with van der Waals surface area (Å²) >= 11 is 0. The van der Waals surface area contributed by atoms with E-state index < -0.39 is 47.1 Å². The minimum absolute atomic E-state index is 0.134. The molecular formula is C14H27F6N2O2S+. The first kappa shape index (κ1) is 24.5. The number of quaternary nitrogens is 1. The molecule has 0 rings (SSSR count). The lowest BCUT2D eigenvalue weighted by molar-refractivity contribution is -0.906. The number of hydrogen-bond donors (Lipinski definition) is 0. The summed E-state index contributed by atoms with van der Waals surface area (Å²) in [5.74, 6) is -11.2. The Balaban J connectivity index is 5.45. The molecule has 0 aromatic carbocycles. The predicted molar refractivity (Wildman–Crippen MR) is 83.4 cm³/mol. The summed E-state index contributed by atoms with van der Waals surface area (Å²) in [5, 5.41) is -5.91. The third kappa shape index (κ3) is 4.79. The van der Waals surface area contributed by atoms with Crippen LogP contribution in [0.15, 0.2) is 0 Å². The first-order valence-corrected chi connectivity index (χ1v) is 9.44. The van der Waals surface area contributed by atoms with Crippen molar-refractivity contribution in [1.82, 2.24) is 4.31 Å². The Morgan fingerprint density at radius 2 is 1.40 bits per heavy atom. The van der Waals surface area contributed by atoms with Gasteiger partial charge in [-0.05, 0) is 13.8 Å². The Morgan fingerprint density at radius 3 is 1.72 bits per heavy atom. The van der Waals surface area contributed by atoms with Crippen molar-refractivity contribution in [2.45, 2.75) is 51.2 Å². The van der Waals surface area contributed by atoms with Gasteiger partial charge in [0.1, 0.15) is 0 Å². The molecule has 0 aliphatic rings. The molecular weight excluding hydrogens is 374 g/mol. The van der Waals surface area contributed by atoms with Crippen molar-refractivity contribution >= 4 is 10.0 Å². The van der Waals surface area contributed by atoms with Crippen LogP contribution in [0.3, 0.4) is 0 Å². The van der Waals surface area contributed by atoms with Crippen molar-refractivity contribution in [2.75, 3.05) is 39.8 Å². The van der Waals surface area contributed by atoms with Crippen LogP contribution < -0.4 is 0 Å². The Hall–Kier alpha value is -0.550. The summed E-state index contributed by atoms with van der Waals surface area (Å²) in [6, 6.07) is 0. The Labute approximate surface area is 145 Å². The predicted octanol–water partition coefficient (Wildman–Crippen LogP) is 3.40. The molecule has 0 spiro atoms. The van der Waals surface area contributed by atoms with Crippen molar-refractivity contribution in [1.29, 1.82) is 0 Å². The number of hydrogen-bond acceptors (Lipinski definition) is 2. The zero-order valence-electron chi connectivity index (χ0n) is 15.1. The molecule has 0 saturated heterocycles. The molecule has 0 fully saturated rings. The standard InChI is InChI=1S/C14H27F6N2O2S/c1-6-21(10-9-11-22(5,7-2)8-3)25(23,24)14(19,20)13(17,18)12(4,15)16/h6-11H2,1-5H3/q+1. The first-order valence-electron chi connectivity index (χ1n) is 8.00.